The third-order valence-corrected chi connectivity index (χ3v) is 6.56. The minimum absolute atomic E-state index is 0.0798. The topological polar surface area (TPSA) is 52.7 Å². The summed E-state index contributed by atoms with van der Waals surface area (Å²) in [4.78, 5) is 30.1. The summed E-state index contributed by atoms with van der Waals surface area (Å²) in [5.41, 5.74) is 0.551. The van der Waals surface area contributed by atoms with Crippen molar-refractivity contribution in [3.8, 4) is 0 Å². The first-order valence-electron chi connectivity index (χ1n) is 10.1. The molecule has 0 spiro atoms. The number of amides is 2. The molecule has 0 bridgehead atoms. The van der Waals surface area contributed by atoms with Gasteiger partial charge in [0.15, 0.2) is 0 Å². The van der Waals surface area contributed by atoms with Crippen molar-refractivity contribution in [1.82, 2.24) is 15.1 Å². The van der Waals surface area contributed by atoms with Gasteiger partial charge in [0.25, 0.3) is 5.91 Å². The number of nitrogens with zero attached hydrogens (tertiary/aromatic N) is 2. The third kappa shape index (κ3) is 3.13. The molecule has 26 heavy (non-hydrogen) atoms. The van der Waals surface area contributed by atoms with Crippen molar-refractivity contribution < 1.29 is 9.59 Å². The van der Waals surface area contributed by atoms with Gasteiger partial charge in [0, 0.05) is 38.3 Å². The summed E-state index contributed by atoms with van der Waals surface area (Å²) in [7, 11) is 0. The molecule has 1 aromatic carbocycles. The molecule has 5 nitrogen and oxygen atoms in total. The Morgan fingerprint density at radius 2 is 1.73 bits per heavy atom. The van der Waals surface area contributed by atoms with Gasteiger partial charge in [0.2, 0.25) is 5.91 Å². The van der Waals surface area contributed by atoms with Crippen molar-refractivity contribution in [3.05, 3.63) is 35.9 Å². The Kier molecular flexibility index (Phi) is 4.98. The zero-order valence-electron chi connectivity index (χ0n) is 15.5. The Morgan fingerprint density at radius 3 is 2.58 bits per heavy atom. The van der Waals surface area contributed by atoms with E-state index in [0.29, 0.717) is 24.9 Å². The zero-order valence-corrected chi connectivity index (χ0v) is 15.5. The van der Waals surface area contributed by atoms with Gasteiger partial charge >= 0.3 is 0 Å². The lowest BCUT2D eigenvalue weighted by molar-refractivity contribution is -0.145. The smallest absolute Gasteiger partial charge is 0.253 e. The summed E-state index contributed by atoms with van der Waals surface area (Å²) in [6.45, 7) is 4.61. The second kappa shape index (κ2) is 7.39. The number of carbonyl (C=O) groups is 2. The number of hydrogen-bond acceptors (Lipinski definition) is 3. The molecule has 1 aliphatic carbocycles. The van der Waals surface area contributed by atoms with Crippen LogP contribution in [0.5, 0.6) is 0 Å². The van der Waals surface area contributed by atoms with Crippen LogP contribution in [0.25, 0.3) is 0 Å². The van der Waals surface area contributed by atoms with E-state index in [2.05, 4.69) is 5.32 Å². The minimum Gasteiger partial charge on any atom is -0.340 e. The molecule has 2 aliphatic heterocycles. The lowest BCUT2D eigenvalue weighted by atomic mass is 9.67. The van der Waals surface area contributed by atoms with Crippen molar-refractivity contribution in [1.29, 1.82) is 0 Å². The number of fused-ring (bicyclic) bond motifs is 1. The van der Waals surface area contributed by atoms with Crippen LogP contribution in [-0.4, -0.2) is 60.9 Å². The molecule has 2 saturated heterocycles. The maximum Gasteiger partial charge on any atom is 0.253 e. The molecule has 1 aromatic rings. The van der Waals surface area contributed by atoms with Crippen LogP contribution >= 0.6 is 0 Å². The normalized spacial score (nSPS) is 29.2. The summed E-state index contributed by atoms with van der Waals surface area (Å²) in [6.07, 6.45) is 5.47. The fourth-order valence-corrected chi connectivity index (χ4v) is 5.07. The largest absolute Gasteiger partial charge is 0.340 e. The average molecular weight is 355 g/mol. The van der Waals surface area contributed by atoms with E-state index < -0.39 is 0 Å². The summed E-state index contributed by atoms with van der Waals surface area (Å²) >= 11 is 0. The molecule has 140 valence electrons. The van der Waals surface area contributed by atoms with Gasteiger partial charge in [-0.3, -0.25) is 9.59 Å². The molecule has 1 saturated carbocycles. The van der Waals surface area contributed by atoms with Gasteiger partial charge in [-0.15, -0.1) is 0 Å². The van der Waals surface area contributed by atoms with E-state index in [-0.39, 0.29) is 11.3 Å². The number of nitrogens with one attached hydrogen (secondary N) is 1. The number of carbonyl (C=O) groups excluding carboxylic acids is 2. The molecular formula is C21H29N3O2. The predicted molar refractivity (Wildman–Crippen MR) is 101 cm³/mol. The molecule has 2 heterocycles. The van der Waals surface area contributed by atoms with Gasteiger partial charge in [-0.25, -0.2) is 0 Å². The molecule has 3 fully saturated rings. The van der Waals surface area contributed by atoms with Crippen molar-refractivity contribution in [3.63, 3.8) is 0 Å². The Hall–Kier alpha value is -1.88. The van der Waals surface area contributed by atoms with Crippen LogP contribution in [0.2, 0.25) is 0 Å². The maximum atomic E-state index is 13.4. The molecule has 2 atom stereocenters. The average Bonchev–Trinajstić information content (AvgIpc) is 2.99. The summed E-state index contributed by atoms with van der Waals surface area (Å²) in [5, 5.41) is 3.48. The van der Waals surface area contributed by atoms with Crippen molar-refractivity contribution in [2.24, 2.45) is 11.3 Å². The Labute approximate surface area is 155 Å². The molecule has 1 N–H and O–H groups in total. The van der Waals surface area contributed by atoms with Crippen molar-refractivity contribution in [2.45, 2.75) is 32.1 Å². The first-order valence-corrected chi connectivity index (χ1v) is 10.1. The minimum atomic E-state index is -0.184. The maximum absolute atomic E-state index is 13.4. The van der Waals surface area contributed by atoms with Crippen LogP contribution in [0.15, 0.2) is 30.3 Å². The van der Waals surface area contributed by atoms with E-state index in [1.54, 1.807) is 0 Å². The van der Waals surface area contributed by atoms with E-state index in [1.165, 1.54) is 12.8 Å². The fourth-order valence-electron chi connectivity index (χ4n) is 5.07. The lowest BCUT2D eigenvalue weighted by Gasteiger charge is -2.40. The summed E-state index contributed by atoms with van der Waals surface area (Å²) < 4.78 is 0. The number of rotatable bonds is 2. The van der Waals surface area contributed by atoms with Gasteiger partial charge in [-0.1, -0.05) is 31.0 Å². The Bertz CT molecular complexity index is 662. The van der Waals surface area contributed by atoms with Gasteiger partial charge < -0.3 is 15.1 Å². The van der Waals surface area contributed by atoms with E-state index >= 15 is 0 Å². The Morgan fingerprint density at radius 1 is 0.962 bits per heavy atom. The highest BCUT2D eigenvalue weighted by molar-refractivity contribution is 5.94. The first-order chi connectivity index (χ1) is 12.7. The summed E-state index contributed by atoms with van der Waals surface area (Å²) in [5.74, 6) is 0.909. The first kappa shape index (κ1) is 17.5. The predicted octanol–water partition coefficient (Wildman–Crippen LogP) is 2.14. The highest BCUT2D eigenvalue weighted by atomic mass is 16.2. The lowest BCUT2D eigenvalue weighted by Crippen LogP contribution is -2.50. The number of hydrogen-bond donors (Lipinski definition) is 1. The van der Waals surface area contributed by atoms with Gasteiger partial charge in [0.1, 0.15) is 0 Å². The second-order valence-electron chi connectivity index (χ2n) is 8.03. The molecule has 0 aromatic heterocycles. The molecule has 4 rings (SSSR count). The van der Waals surface area contributed by atoms with E-state index in [0.717, 1.165) is 51.0 Å². The molecule has 3 aliphatic rings. The van der Waals surface area contributed by atoms with E-state index in [1.807, 2.05) is 40.1 Å². The van der Waals surface area contributed by atoms with Gasteiger partial charge in [0.05, 0.1) is 5.41 Å². The third-order valence-electron chi connectivity index (χ3n) is 6.56. The molecule has 2 amide bonds. The summed E-state index contributed by atoms with van der Waals surface area (Å²) in [6, 6.07) is 9.46. The zero-order chi connectivity index (χ0) is 18.0. The van der Waals surface area contributed by atoms with Crippen LogP contribution in [0.4, 0.5) is 0 Å². The van der Waals surface area contributed by atoms with Crippen LogP contribution < -0.4 is 5.32 Å². The van der Waals surface area contributed by atoms with Crippen molar-refractivity contribution >= 4 is 11.8 Å². The van der Waals surface area contributed by atoms with Gasteiger partial charge in [-0.05, 0) is 43.9 Å². The molecule has 5 heteroatoms. The second-order valence-corrected chi connectivity index (χ2v) is 8.03. The van der Waals surface area contributed by atoms with Crippen LogP contribution in [0, 0.1) is 11.3 Å². The van der Waals surface area contributed by atoms with Crippen LogP contribution in [0.1, 0.15) is 42.5 Å². The highest BCUT2D eigenvalue weighted by Gasteiger charge is 2.51. The van der Waals surface area contributed by atoms with E-state index in [4.69, 9.17) is 0 Å². The van der Waals surface area contributed by atoms with Crippen LogP contribution in [-0.2, 0) is 4.79 Å². The standard InChI is InChI=1S/C21H29N3O2/c25-19(17-7-2-1-3-8-17)23-11-6-12-24(14-13-23)20(26)21-10-5-4-9-18(21)15-22-16-21/h1-3,7-8,18,22H,4-6,9-16H2/t18-,21+/m0/s1. The highest BCUT2D eigenvalue weighted by Crippen LogP contribution is 2.45. The van der Waals surface area contributed by atoms with Crippen LogP contribution in [0.3, 0.4) is 0 Å². The molecular weight excluding hydrogens is 326 g/mol. The SMILES string of the molecule is O=C(c1ccccc1)N1CCCN(C(=O)[C@@]23CCCC[C@H]2CNC3)CC1. The quantitative estimate of drug-likeness (QED) is 0.884. The molecule has 0 radical (unpaired) electrons. The van der Waals surface area contributed by atoms with E-state index in [9.17, 15) is 9.59 Å². The van der Waals surface area contributed by atoms with Gasteiger partial charge in [-0.2, -0.15) is 0 Å². The monoisotopic (exact) mass is 355 g/mol. The number of benzene rings is 1. The fraction of sp³-hybridized carbons (Fsp3) is 0.619. The molecule has 0 unspecified atom stereocenters. The van der Waals surface area contributed by atoms with Crippen molar-refractivity contribution in [2.75, 3.05) is 39.3 Å². The Balaban J connectivity index is 1.44.